The maximum atomic E-state index is 13.5. The van der Waals surface area contributed by atoms with Gasteiger partial charge in [0.15, 0.2) is 0 Å². The highest BCUT2D eigenvalue weighted by atomic mass is 32.2. The first kappa shape index (κ1) is 30.9. The molecular weight excluding hydrogens is 586 g/mol. The van der Waals surface area contributed by atoms with Crippen molar-refractivity contribution in [1.29, 1.82) is 0 Å². The van der Waals surface area contributed by atoms with E-state index in [-0.39, 0.29) is 17.4 Å². The Kier molecular flexibility index (Phi) is 10.1. The summed E-state index contributed by atoms with van der Waals surface area (Å²) in [6, 6.07) is 34.7. The molecule has 0 heterocycles. The molecule has 0 aliphatic heterocycles. The van der Waals surface area contributed by atoms with E-state index in [1.807, 2.05) is 60.7 Å². The first-order valence-electron chi connectivity index (χ1n) is 14.1. The maximum absolute atomic E-state index is 13.5. The van der Waals surface area contributed by atoms with Crippen LogP contribution in [-0.4, -0.2) is 37.7 Å². The number of thioether (sulfide) groups is 1. The van der Waals surface area contributed by atoms with Gasteiger partial charge in [0.1, 0.15) is 17.2 Å². The second kappa shape index (κ2) is 14.8. The topological polar surface area (TPSA) is 106 Å². The van der Waals surface area contributed by atoms with Crippen molar-refractivity contribution in [2.75, 3.05) is 30.6 Å². The Labute approximate surface area is 265 Å². The Morgan fingerprint density at radius 1 is 0.756 bits per heavy atom. The lowest BCUT2D eigenvalue weighted by Crippen LogP contribution is -2.30. The number of carbonyl (C=O) groups is 3. The van der Waals surface area contributed by atoms with Crippen molar-refractivity contribution in [3.05, 3.63) is 132 Å². The predicted molar refractivity (Wildman–Crippen MR) is 180 cm³/mol. The van der Waals surface area contributed by atoms with Crippen molar-refractivity contribution in [1.82, 2.24) is 5.32 Å². The summed E-state index contributed by atoms with van der Waals surface area (Å²) >= 11 is 1.35. The molecule has 0 radical (unpaired) electrons. The van der Waals surface area contributed by atoms with E-state index in [1.165, 1.54) is 18.9 Å². The molecule has 0 saturated carbocycles. The van der Waals surface area contributed by atoms with E-state index in [1.54, 1.807) is 67.8 Å². The van der Waals surface area contributed by atoms with Crippen LogP contribution in [0.3, 0.4) is 0 Å². The average Bonchev–Trinajstić information content (AvgIpc) is 3.08. The molecule has 9 heteroatoms. The average molecular weight is 618 g/mol. The molecule has 3 amide bonds. The van der Waals surface area contributed by atoms with Crippen LogP contribution in [0.1, 0.15) is 15.9 Å². The number of nitrogens with one attached hydrogen (secondary N) is 3. The van der Waals surface area contributed by atoms with Crippen molar-refractivity contribution in [3.8, 4) is 11.5 Å². The minimum absolute atomic E-state index is 0.100. The fourth-order valence-corrected chi connectivity index (χ4v) is 5.25. The standard InChI is InChI=1S/C36H31N3O5S/c1-43-28-17-20-33(44-2)31(22-28)38-34(40)23-45-29-18-15-27(16-19-29)37-36(42)32(39-35(41)25-10-4-3-5-11-25)21-26-13-8-12-24-9-6-7-14-30(24)26/h3-22H,23H2,1-2H3,(H,37,42)(H,38,40)(H,39,41)/b32-21-. The number of carbonyl (C=O) groups excluding carboxylic acids is 3. The van der Waals surface area contributed by atoms with Crippen LogP contribution in [0.5, 0.6) is 11.5 Å². The normalized spacial score (nSPS) is 11.0. The van der Waals surface area contributed by atoms with Gasteiger partial charge in [-0.3, -0.25) is 14.4 Å². The maximum Gasteiger partial charge on any atom is 0.272 e. The number of anilines is 2. The molecule has 0 saturated heterocycles. The van der Waals surface area contributed by atoms with Gasteiger partial charge in [0.05, 0.1) is 25.7 Å². The van der Waals surface area contributed by atoms with Gasteiger partial charge in [-0.2, -0.15) is 0 Å². The fourth-order valence-electron chi connectivity index (χ4n) is 4.55. The quantitative estimate of drug-likeness (QED) is 0.109. The first-order chi connectivity index (χ1) is 21.9. The Morgan fingerprint density at radius 2 is 1.49 bits per heavy atom. The van der Waals surface area contributed by atoms with Crippen LogP contribution in [0.25, 0.3) is 16.8 Å². The van der Waals surface area contributed by atoms with Gasteiger partial charge in [0, 0.05) is 22.2 Å². The van der Waals surface area contributed by atoms with Gasteiger partial charge < -0.3 is 25.4 Å². The van der Waals surface area contributed by atoms with Gasteiger partial charge in [-0.05, 0) is 70.9 Å². The highest BCUT2D eigenvalue weighted by Crippen LogP contribution is 2.29. The van der Waals surface area contributed by atoms with Crippen LogP contribution >= 0.6 is 11.8 Å². The summed E-state index contributed by atoms with van der Waals surface area (Å²) in [6.07, 6.45) is 1.68. The number of rotatable bonds is 11. The SMILES string of the molecule is COc1ccc(OC)c(NC(=O)CSc2ccc(NC(=O)/C(=C/c3cccc4ccccc34)NC(=O)c3ccccc3)cc2)c1. The molecular formula is C36H31N3O5S. The molecule has 0 atom stereocenters. The molecule has 0 aliphatic carbocycles. The third kappa shape index (κ3) is 8.10. The van der Waals surface area contributed by atoms with E-state index >= 15 is 0 Å². The summed E-state index contributed by atoms with van der Waals surface area (Å²) < 4.78 is 10.6. The Morgan fingerprint density at radius 3 is 2.24 bits per heavy atom. The highest BCUT2D eigenvalue weighted by molar-refractivity contribution is 8.00. The van der Waals surface area contributed by atoms with Crippen LogP contribution in [-0.2, 0) is 9.59 Å². The second-order valence-electron chi connectivity index (χ2n) is 9.83. The Bertz CT molecular complexity index is 1850. The number of amides is 3. The monoisotopic (exact) mass is 617 g/mol. The third-order valence-corrected chi connectivity index (χ3v) is 7.83. The van der Waals surface area contributed by atoms with Crippen LogP contribution in [0, 0.1) is 0 Å². The predicted octanol–water partition coefficient (Wildman–Crippen LogP) is 7.00. The van der Waals surface area contributed by atoms with Crippen LogP contribution < -0.4 is 25.4 Å². The lowest BCUT2D eigenvalue weighted by molar-refractivity contribution is -0.114. The number of methoxy groups -OCH3 is 2. The van der Waals surface area contributed by atoms with Crippen LogP contribution in [0.4, 0.5) is 11.4 Å². The number of fused-ring (bicyclic) bond motifs is 1. The van der Waals surface area contributed by atoms with Crippen LogP contribution in [0.2, 0.25) is 0 Å². The number of benzene rings is 5. The van der Waals surface area contributed by atoms with Gasteiger partial charge in [0.25, 0.3) is 11.8 Å². The lowest BCUT2D eigenvalue weighted by atomic mass is 10.0. The summed E-state index contributed by atoms with van der Waals surface area (Å²) in [5.41, 5.74) is 2.39. The molecule has 45 heavy (non-hydrogen) atoms. The minimum Gasteiger partial charge on any atom is -0.497 e. The van der Waals surface area contributed by atoms with E-state index in [4.69, 9.17) is 9.47 Å². The molecule has 0 unspecified atom stereocenters. The molecule has 0 fully saturated rings. The molecule has 0 aliphatic rings. The molecule has 0 aromatic heterocycles. The van der Waals surface area contributed by atoms with Gasteiger partial charge in [0.2, 0.25) is 5.91 Å². The fraction of sp³-hybridized carbons (Fsp3) is 0.0833. The van der Waals surface area contributed by atoms with Crippen LogP contribution in [0.15, 0.2) is 126 Å². The summed E-state index contributed by atoms with van der Waals surface area (Å²) in [4.78, 5) is 40.0. The van der Waals surface area contributed by atoms with E-state index in [0.29, 0.717) is 28.4 Å². The van der Waals surface area contributed by atoms with Crippen molar-refractivity contribution in [2.24, 2.45) is 0 Å². The number of hydrogen-bond donors (Lipinski definition) is 3. The first-order valence-corrected chi connectivity index (χ1v) is 15.0. The molecule has 0 spiro atoms. The zero-order chi connectivity index (χ0) is 31.6. The molecule has 5 aromatic rings. The van der Waals surface area contributed by atoms with Gasteiger partial charge in [-0.1, -0.05) is 60.7 Å². The minimum atomic E-state index is -0.473. The molecule has 3 N–H and O–H groups in total. The van der Waals surface area contributed by atoms with Gasteiger partial charge >= 0.3 is 0 Å². The zero-order valence-corrected chi connectivity index (χ0v) is 25.5. The van der Waals surface area contributed by atoms with Crippen molar-refractivity contribution in [2.45, 2.75) is 4.90 Å². The summed E-state index contributed by atoms with van der Waals surface area (Å²) in [5.74, 6) is 0.221. The summed E-state index contributed by atoms with van der Waals surface area (Å²) in [7, 11) is 3.09. The smallest absolute Gasteiger partial charge is 0.272 e. The lowest BCUT2D eigenvalue weighted by Gasteiger charge is -2.13. The second-order valence-corrected chi connectivity index (χ2v) is 10.9. The molecule has 5 aromatic carbocycles. The largest absolute Gasteiger partial charge is 0.497 e. The van der Waals surface area contributed by atoms with E-state index < -0.39 is 11.8 Å². The van der Waals surface area contributed by atoms with Gasteiger partial charge in [-0.25, -0.2) is 0 Å². The molecule has 8 nitrogen and oxygen atoms in total. The molecule has 5 rings (SSSR count). The van der Waals surface area contributed by atoms with Crippen molar-refractivity contribution < 1.29 is 23.9 Å². The van der Waals surface area contributed by atoms with E-state index in [2.05, 4.69) is 16.0 Å². The van der Waals surface area contributed by atoms with E-state index in [0.717, 1.165) is 21.2 Å². The van der Waals surface area contributed by atoms with Crippen molar-refractivity contribution in [3.63, 3.8) is 0 Å². The Hall–Kier alpha value is -5.54. The summed E-state index contributed by atoms with van der Waals surface area (Å²) in [6.45, 7) is 0. The summed E-state index contributed by atoms with van der Waals surface area (Å²) in [5, 5.41) is 10.5. The third-order valence-electron chi connectivity index (χ3n) is 6.81. The van der Waals surface area contributed by atoms with Gasteiger partial charge in [-0.15, -0.1) is 11.8 Å². The number of ether oxygens (including phenoxy) is 2. The van der Waals surface area contributed by atoms with E-state index in [9.17, 15) is 14.4 Å². The Balaban J connectivity index is 1.28. The van der Waals surface area contributed by atoms with Crippen molar-refractivity contribution >= 4 is 57.7 Å². The molecule has 226 valence electrons. The number of hydrogen-bond acceptors (Lipinski definition) is 6. The zero-order valence-electron chi connectivity index (χ0n) is 24.7. The molecule has 0 bridgehead atoms. The highest BCUT2D eigenvalue weighted by Gasteiger charge is 2.16.